The molecule has 6 nitrogen and oxygen atoms in total. The molecule has 2 aromatic carbocycles. The van der Waals surface area contributed by atoms with Gasteiger partial charge in [0.1, 0.15) is 0 Å². The van der Waals surface area contributed by atoms with E-state index in [2.05, 4.69) is 41.8 Å². The van der Waals surface area contributed by atoms with E-state index in [-0.39, 0.29) is 30.2 Å². The largest absolute Gasteiger partial charge is 0.454 e. The molecule has 2 aliphatic heterocycles. The third-order valence-corrected chi connectivity index (χ3v) is 6.67. The van der Waals surface area contributed by atoms with Gasteiger partial charge in [-0.05, 0) is 49.4 Å². The molecule has 2 atom stereocenters. The molecule has 6 heteroatoms. The van der Waals surface area contributed by atoms with Gasteiger partial charge in [-0.3, -0.25) is 4.79 Å². The Hall–Kier alpha value is -2.57. The van der Waals surface area contributed by atoms with Gasteiger partial charge in [-0.2, -0.15) is 0 Å². The van der Waals surface area contributed by atoms with Crippen LogP contribution in [-0.2, 0) is 14.9 Å². The van der Waals surface area contributed by atoms with Gasteiger partial charge >= 0.3 is 0 Å². The van der Waals surface area contributed by atoms with Gasteiger partial charge in [0.15, 0.2) is 11.5 Å². The van der Waals surface area contributed by atoms with E-state index < -0.39 is 0 Å². The Morgan fingerprint density at radius 2 is 1.81 bits per heavy atom. The van der Waals surface area contributed by atoms with E-state index in [4.69, 9.17) is 14.2 Å². The quantitative estimate of drug-likeness (QED) is 0.617. The lowest BCUT2D eigenvalue weighted by molar-refractivity contribution is -0.123. The normalized spacial score (nSPS) is 18.7. The monoisotopic (exact) mass is 438 g/mol. The predicted molar refractivity (Wildman–Crippen MR) is 124 cm³/mol. The van der Waals surface area contributed by atoms with Crippen molar-refractivity contribution >= 4 is 5.91 Å². The molecule has 32 heavy (non-hydrogen) atoms. The van der Waals surface area contributed by atoms with Crippen LogP contribution in [0.5, 0.6) is 11.5 Å². The molecule has 2 N–H and O–H groups in total. The van der Waals surface area contributed by atoms with Crippen LogP contribution in [0.4, 0.5) is 0 Å². The van der Waals surface area contributed by atoms with Gasteiger partial charge in [-0.1, -0.05) is 49.7 Å². The molecule has 4 rings (SSSR count). The maximum Gasteiger partial charge on any atom is 0.237 e. The first-order valence-electron chi connectivity index (χ1n) is 11.7. The Morgan fingerprint density at radius 1 is 1.06 bits per heavy atom. The lowest BCUT2D eigenvalue weighted by Crippen LogP contribution is -2.50. The fraction of sp³-hybridized carbons (Fsp3) is 0.500. The standard InChI is InChI=1S/C26H34N2O4/c1-3-7-22(20-8-5-4-6-9-20)28-25(29)19(2)27-17-26(12-14-30-15-13-26)21-10-11-23-24(16-21)32-18-31-23/h4-6,8-11,16,19,22,27H,3,7,12-15,17-18H2,1-2H3,(H,28,29). The number of amides is 1. The van der Waals surface area contributed by atoms with Crippen LogP contribution in [0.25, 0.3) is 0 Å². The highest BCUT2D eigenvalue weighted by molar-refractivity contribution is 5.81. The average molecular weight is 439 g/mol. The molecule has 0 radical (unpaired) electrons. The molecule has 172 valence electrons. The zero-order chi connectivity index (χ0) is 22.4. The molecule has 2 heterocycles. The first kappa shape index (κ1) is 22.6. The Labute approximate surface area is 190 Å². The van der Waals surface area contributed by atoms with E-state index in [0.717, 1.165) is 42.7 Å². The number of carbonyl (C=O) groups is 1. The van der Waals surface area contributed by atoms with Gasteiger partial charge in [0.05, 0.1) is 12.1 Å². The second-order valence-corrected chi connectivity index (χ2v) is 8.82. The van der Waals surface area contributed by atoms with Gasteiger partial charge in [0.25, 0.3) is 0 Å². The molecule has 2 aliphatic rings. The van der Waals surface area contributed by atoms with E-state index in [1.54, 1.807) is 0 Å². The summed E-state index contributed by atoms with van der Waals surface area (Å²) in [5.74, 6) is 1.61. The van der Waals surface area contributed by atoms with Crippen molar-refractivity contribution in [3.63, 3.8) is 0 Å². The first-order valence-corrected chi connectivity index (χ1v) is 11.7. The molecule has 0 saturated carbocycles. The van der Waals surface area contributed by atoms with E-state index in [1.807, 2.05) is 31.2 Å². The maximum atomic E-state index is 13.0. The Balaban J connectivity index is 1.43. The van der Waals surface area contributed by atoms with Crippen molar-refractivity contribution < 1.29 is 19.0 Å². The molecular weight excluding hydrogens is 404 g/mol. The smallest absolute Gasteiger partial charge is 0.237 e. The van der Waals surface area contributed by atoms with E-state index in [9.17, 15) is 4.79 Å². The summed E-state index contributed by atoms with van der Waals surface area (Å²) in [5, 5.41) is 6.76. The number of carbonyl (C=O) groups excluding carboxylic acids is 1. The highest BCUT2D eigenvalue weighted by Crippen LogP contribution is 2.40. The third-order valence-electron chi connectivity index (χ3n) is 6.67. The second-order valence-electron chi connectivity index (χ2n) is 8.82. The Morgan fingerprint density at radius 3 is 2.56 bits per heavy atom. The zero-order valence-corrected chi connectivity index (χ0v) is 19.1. The lowest BCUT2D eigenvalue weighted by atomic mass is 9.74. The van der Waals surface area contributed by atoms with Crippen molar-refractivity contribution in [1.29, 1.82) is 0 Å². The maximum absolute atomic E-state index is 13.0. The van der Waals surface area contributed by atoms with Gasteiger partial charge < -0.3 is 24.8 Å². The molecule has 0 aromatic heterocycles. The molecule has 1 amide bonds. The summed E-state index contributed by atoms with van der Waals surface area (Å²) in [6, 6.07) is 16.1. The van der Waals surface area contributed by atoms with Crippen LogP contribution in [0.3, 0.4) is 0 Å². The van der Waals surface area contributed by atoms with E-state index in [1.165, 1.54) is 5.56 Å². The van der Waals surface area contributed by atoms with Crippen molar-refractivity contribution in [3.05, 3.63) is 59.7 Å². The minimum atomic E-state index is -0.299. The minimum Gasteiger partial charge on any atom is -0.454 e. The number of nitrogens with one attached hydrogen (secondary N) is 2. The average Bonchev–Trinajstić information content (AvgIpc) is 3.31. The van der Waals surface area contributed by atoms with Crippen molar-refractivity contribution in [3.8, 4) is 11.5 Å². The molecule has 1 saturated heterocycles. The molecule has 2 unspecified atom stereocenters. The molecule has 0 aliphatic carbocycles. The summed E-state index contributed by atoms with van der Waals surface area (Å²) in [5.41, 5.74) is 2.25. The number of hydrogen-bond donors (Lipinski definition) is 2. The predicted octanol–water partition coefficient (Wildman–Crippen LogP) is 4.10. The summed E-state index contributed by atoms with van der Waals surface area (Å²) in [4.78, 5) is 13.0. The first-order chi connectivity index (χ1) is 15.6. The second kappa shape index (κ2) is 10.4. The molecule has 2 aromatic rings. The van der Waals surface area contributed by atoms with E-state index in [0.29, 0.717) is 19.8 Å². The highest BCUT2D eigenvalue weighted by atomic mass is 16.7. The molecule has 0 bridgehead atoms. The van der Waals surface area contributed by atoms with Crippen LogP contribution in [0.1, 0.15) is 56.7 Å². The molecule has 0 spiro atoms. The Bertz CT molecular complexity index is 896. The number of hydrogen-bond acceptors (Lipinski definition) is 5. The van der Waals surface area contributed by atoms with Gasteiger partial charge in [0.2, 0.25) is 12.7 Å². The van der Waals surface area contributed by atoms with E-state index >= 15 is 0 Å². The fourth-order valence-corrected chi connectivity index (χ4v) is 4.59. The van der Waals surface area contributed by atoms with Crippen molar-refractivity contribution in [2.45, 2.75) is 57.0 Å². The summed E-state index contributed by atoms with van der Waals surface area (Å²) in [6.07, 6.45) is 3.72. The summed E-state index contributed by atoms with van der Waals surface area (Å²) in [6.45, 7) is 6.48. The highest BCUT2D eigenvalue weighted by Gasteiger charge is 2.36. The van der Waals surface area contributed by atoms with Gasteiger partial charge in [0, 0.05) is 25.2 Å². The number of rotatable bonds is 9. The SMILES string of the molecule is CCCC(NC(=O)C(C)NCC1(c2ccc3c(c2)OCO3)CCOCC1)c1ccccc1. The summed E-state index contributed by atoms with van der Waals surface area (Å²) < 4.78 is 16.7. The topological polar surface area (TPSA) is 68.8 Å². The van der Waals surface area contributed by atoms with Crippen LogP contribution >= 0.6 is 0 Å². The van der Waals surface area contributed by atoms with Crippen molar-refractivity contribution in [2.24, 2.45) is 0 Å². The fourth-order valence-electron chi connectivity index (χ4n) is 4.59. The van der Waals surface area contributed by atoms with Gasteiger partial charge in [-0.25, -0.2) is 0 Å². The molecule has 1 fully saturated rings. The van der Waals surface area contributed by atoms with Crippen LogP contribution in [-0.4, -0.2) is 38.5 Å². The lowest BCUT2D eigenvalue weighted by Gasteiger charge is -2.39. The van der Waals surface area contributed by atoms with Crippen LogP contribution in [0, 0.1) is 0 Å². The third kappa shape index (κ3) is 5.08. The zero-order valence-electron chi connectivity index (χ0n) is 19.1. The summed E-state index contributed by atoms with van der Waals surface area (Å²) >= 11 is 0. The van der Waals surface area contributed by atoms with Crippen molar-refractivity contribution in [2.75, 3.05) is 26.6 Å². The van der Waals surface area contributed by atoms with Gasteiger partial charge in [-0.15, -0.1) is 0 Å². The number of benzene rings is 2. The Kier molecular flexibility index (Phi) is 7.33. The van der Waals surface area contributed by atoms with Crippen LogP contribution in [0.15, 0.2) is 48.5 Å². The minimum absolute atomic E-state index is 0.0280. The summed E-state index contributed by atoms with van der Waals surface area (Å²) in [7, 11) is 0. The molecular formula is C26H34N2O4. The van der Waals surface area contributed by atoms with Crippen LogP contribution < -0.4 is 20.1 Å². The number of ether oxygens (including phenoxy) is 3. The number of fused-ring (bicyclic) bond motifs is 1. The van der Waals surface area contributed by atoms with Crippen molar-refractivity contribution in [1.82, 2.24) is 10.6 Å². The van der Waals surface area contributed by atoms with Crippen LogP contribution in [0.2, 0.25) is 0 Å².